The zero-order valence-electron chi connectivity index (χ0n) is 15.9. The number of rotatable bonds is 11. The number of carbonyl (C=O) groups excluding carboxylic acids is 3. The summed E-state index contributed by atoms with van der Waals surface area (Å²) < 4.78 is 0. The Morgan fingerprint density at radius 3 is 1.96 bits per heavy atom. The summed E-state index contributed by atoms with van der Waals surface area (Å²) in [6.45, 7) is 6.36. The van der Waals surface area contributed by atoms with E-state index < -0.39 is 54.0 Å². The van der Waals surface area contributed by atoms with E-state index in [9.17, 15) is 24.3 Å². The largest absolute Gasteiger partial charge is 0.480 e. The van der Waals surface area contributed by atoms with Gasteiger partial charge in [-0.1, -0.05) is 20.3 Å². The Balaban J connectivity index is 4.95. The van der Waals surface area contributed by atoms with E-state index in [0.717, 1.165) is 0 Å². The summed E-state index contributed by atoms with van der Waals surface area (Å²) in [5, 5.41) is 25.6. The molecule has 10 nitrogen and oxygen atoms in total. The van der Waals surface area contributed by atoms with E-state index in [4.69, 9.17) is 10.8 Å². The Bertz CT molecular complexity index is 545. The van der Waals surface area contributed by atoms with Gasteiger partial charge >= 0.3 is 5.97 Å². The first-order valence-electron chi connectivity index (χ1n) is 8.64. The summed E-state index contributed by atoms with van der Waals surface area (Å²) in [6, 6.07) is -4.47. The first kappa shape index (κ1) is 25.1. The molecule has 6 atom stereocenters. The normalized spacial score (nSPS) is 17.6. The van der Waals surface area contributed by atoms with Crippen LogP contribution in [-0.4, -0.2) is 69.9 Å². The fourth-order valence-electron chi connectivity index (χ4n) is 2.02. The van der Waals surface area contributed by atoms with Crippen molar-refractivity contribution in [2.75, 3.05) is 5.75 Å². The van der Waals surface area contributed by atoms with Crippen LogP contribution < -0.4 is 21.7 Å². The van der Waals surface area contributed by atoms with Crippen LogP contribution in [0, 0.1) is 5.92 Å². The third kappa shape index (κ3) is 8.14. The maximum atomic E-state index is 12.3. The number of thiol groups is 1. The lowest BCUT2D eigenvalue weighted by molar-refractivity contribution is -0.142. The maximum Gasteiger partial charge on any atom is 0.327 e. The summed E-state index contributed by atoms with van der Waals surface area (Å²) in [5.41, 5.74) is 5.81. The SMILES string of the molecule is CCC(C)C(N)C(=O)NC(C)C(=O)NC(C(=O)NC(CS)C(=O)O)C(C)O. The standard InChI is InChI=1S/C16H30N4O6S/c1-5-7(2)11(17)14(23)18-8(3)13(22)20-12(9(4)21)15(24)19-10(6-27)16(25)26/h7-12,21,27H,5-6,17H2,1-4H3,(H,18,23)(H,19,24)(H,20,22)(H,25,26). The third-order valence-corrected chi connectivity index (χ3v) is 4.54. The van der Waals surface area contributed by atoms with Crippen LogP contribution in [0.25, 0.3) is 0 Å². The molecule has 0 radical (unpaired) electrons. The first-order chi connectivity index (χ1) is 12.5. The lowest BCUT2D eigenvalue weighted by atomic mass is 9.99. The molecule has 0 aliphatic heterocycles. The van der Waals surface area contributed by atoms with Crippen molar-refractivity contribution in [3.63, 3.8) is 0 Å². The molecule has 0 aromatic rings. The van der Waals surface area contributed by atoms with Crippen LogP contribution in [0.2, 0.25) is 0 Å². The Labute approximate surface area is 164 Å². The van der Waals surface area contributed by atoms with Gasteiger partial charge in [-0.3, -0.25) is 14.4 Å². The number of hydrogen-bond donors (Lipinski definition) is 7. The summed E-state index contributed by atoms with van der Waals surface area (Å²) in [5.74, 6) is -3.65. The van der Waals surface area contributed by atoms with Crippen LogP contribution >= 0.6 is 12.6 Å². The average molecular weight is 407 g/mol. The summed E-state index contributed by atoms with van der Waals surface area (Å²) in [6.07, 6.45) is -0.608. The van der Waals surface area contributed by atoms with Crippen molar-refractivity contribution in [1.82, 2.24) is 16.0 Å². The lowest BCUT2D eigenvalue weighted by Crippen LogP contribution is -2.59. The molecule has 0 aromatic carbocycles. The maximum absolute atomic E-state index is 12.3. The second-order valence-electron chi connectivity index (χ2n) is 6.45. The van der Waals surface area contributed by atoms with Gasteiger partial charge in [-0.25, -0.2) is 4.79 Å². The Kier molecular flexibility index (Phi) is 11.0. The van der Waals surface area contributed by atoms with Gasteiger partial charge in [0.2, 0.25) is 17.7 Å². The number of carbonyl (C=O) groups is 4. The van der Waals surface area contributed by atoms with Gasteiger partial charge in [0.05, 0.1) is 12.1 Å². The van der Waals surface area contributed by atoms with E-state index >= 15 is 0 Å². The van der Waals surface area contributed by atoms with Crippen LogP contribution in [0.4, 0.5) is 0 Å². The lowest BCUT2D eigenvalue weighted by Gasteiger charge is -2.25. The zero-order chi connectivity index (χ0) is 21.3. The van der Waals surface area contributed by atoms with Crippen LogP contribution in [-0.2, 0) is 19.2 Å². The first-order valence-corrected chi connectivity index (χ1v) is 9.27. The Hall–Kier alpha value is -1.85. The summed E-state index contributed by atoms with van der Waals surface area (Å²) in [4.78, 5) is 47.5. The highest BCUT2D eigenvalue weighted by Gasteiger charge is 2.31. The van der Waals surface area contributed by atoms with E-state index in [1.165, 1.54) is 13.8 Å². The highest BCUT2D eigenvalue weighted by Crippen LogP contribution is 2.05. The van der Waals surface area contributed by atoms with E-state index in [1.54, 1.807) is 0 Å². The molecule has 0 bridgehead atoms. The predicted molar refractivity (Wildman–Crippen MR) is 102 cm³/mol. The van der Waals surface area contributed by atoms with Gasteiger partial charge < -0.3 is 31.9 Å². The van der Waals surface area contributed by atoms with Gasteiger partial charge in [0.25, 0.3) is 0 Å². The number of aliphatic carboxylic acids is 1. The third-order valence-electron chi connectivity index (χ3n) is 4.17. The fraction of sp³-hybridized carbons (Fsp3) is 0.750. The minimum Gasteiger partial charge on any atom is -0.480 e. The number of amides is 3. The number of nitrogens with two attached hydrogens (primary N) is 1. The van der Waals surface area contributed by atoms with Gasteiger partial charge in [0, 0.05) is 5.75 Å². The molecule has 27 heavy (non-hydrogen) atoms. The van der Waals surface area contributed by atoms with Crippen molar-refractivity contribution in [2.45, 2.75) is 64.4 Å². The molecular weight excluding hydrogens is 376 g/mol. The number of hydrogen-bond acceptors (Lipinski definition) is 7. The van der Waals surface area contributed by atoms with Crippen LogP contribution in [0.1, 0.15) is 34.1 Å². The number of nitrogens with one attached hydrogen (secondary N) is 3. The van der Waals surface area contributed by atoms with Gasteiger partial charge in [-0.05, 0) is 19.8 Å². The molecular formula is C16H30N4O6S. The molecule has 0 aliphatic carbocycles. The Morgan fingerprint density at radius 2 is 1.56 bits per heavy atom. The van der Waals surface area contributed by atoms with Gasteiger partial charge in [-0.15, -0.1) is 0 Å². The molecule has 0 aromatic heterocycles. The molecule has 0 fully saturated rings. The minimum atomic E-state index is -1.40. The molecule has 6 unspecified atom stereocenters. The second kappa shape index (κ2) is 11.8. The number of carboxylic acid groups (broad SMARTS) is 1. The van der Waals surface area contributed by atoms with E-state index in [-0.39, 0.29) is 11.7 Å². The van der Waals surface area contributed by atoms with Gasteiger partial charge in [0.15, 0.2) is 0 Å². The van der Waals surface area contributed by atoms with Crippen molar-refractivity contribution in [3.05, 3.63) is 0 Å². The van der Waals surface area contributed by atoms with Crippen LogP contribution in [0.5, 0.6) is 0 Å². The fourth-order valence-corrected chi connectivity index (χ4v) is 2.27. The van der Waals surface area contributed by atoms with Crippen molar-refractivity contribution >= 4 is 36.3 Å². The van der Waals surface area contributed by atoms with E-state index in [1.807, 2.05) is 13.8 Å². The molecule has 156 valence electrons. The van der Waals surface area contributed by atoms with Crippen molar-refractivity contribution < 1.29 is 29.4 Å². The summed E-state index contributed by atoms with van der Waals surface area (Å²) >= 11 is 3.83. The van der Waals surface area contributed by atoms with Crippen LogP contribution in [0.15, 0.2) is 0 Å². The van der Waals surface area contributed by atoms with Crippen LogP contribution in [0.3, 0.4) is 0 Å². The summed E-state index contributed by atoms with van der Waals surface area (Å²) in [7, 11) is 0. The van der Waals surface area contributed by atoms with Gasteiger partial charge in [-0.2, -0.15) is 12.6 Å². The van der Waals surface area contributed by atoms with Crippen molar-refractivity contribution in [2.24, 2.45) is 11.7 Å². The molecule has 0 saturated heterocycles. The highest BCUT2D eigenvalue weighted by molar-refractivity contribution is 7.80. The number of aliphatic hydroxyl groups excluding tert-OH is 1. The average Bonchev–Trinajstić information content (AvgIpc) is 2.61. The predicted octanol–water partition coefficient (Wildman–Crippen LogP) is -1.77. The minimum absolute atomic E-state index is 0.0783. The second-order valence-corrected chi connectivity index (χ2v) is 6.82. The molecule has 0 spiro atoms. The molecule has 0 aliphatic rings. The quantitative estimate of drug-likeness (QED) is 0.199. The highest BCUT2D eigenvalue weighted by atomic mass is 32.1. The van der Waals surface area contributed by atoms with E-state index in [2.05, 4.69) is 28.6 Å². The number of aliphatic hydroxyl groups is 1. The molecule has 0 saturated carbocycles. The molecule has 11 heteroatoms. The van der Waals surface area contributed by atoms with Gasteiger partial charge in [0.1, 0.15) is 18.1 Å². The van der Waals surface area contributed by atoms with Crippen molar-refractivity contribution in [1.29, 1.82) is 0 Å². The molecule has 0 rings (SSSR count). The monoisotopic (exact) mass is 406 g/mol. The number of carboxylic acids is 1. The zero-order valence-corrected chi connectivity index (χ0v) is 16.8. The molecule has 7 N–H and O–H groups in total. The smallest absolute Gasteiger partial charge is 0.327 e. The molecule has 3 amide bonds. The van der Waals surface area contributed by atoms with E-state index in [0.29, 0.717) is 6.42 Å². The molecule has 0 heterocycles. The van der Waals surface area contributed by atoms with Crippen molar-refractivity contribution in [3.8, 4) is 0 Å². The topological polar surface area (TPSA) is 171 Å². The Morgan fingerprint density at radius 1 is 1.00 bits per heavy atom.